The number of rotatable bonds is 4. The molecule has 1 fully saturated rings. The molecule has 4 rings (SSSR count). The molecule has 0 bridgehead atoms. The van der Waals surface area contributed by atoms with E-state index in [4.69, 9.17) is 0 Å². The fourth-order valence-electron chi connectivity index (χ4n) is 3.08. The highest BCUT2D eigenvalue weighted by atomic mass is 16.1. The van der Waals surface area contributed by atoms with Gasteiger partial charge in [0.05, 0.1) is 11.4 Å². The topological polar surface area (TPSA) is 72.2 Å². The van der Waals surface area contributed by atoms with E-state index in [1.54, 1.807) is 6.07 Å². The smallest absolute Gasteiger partial charge is 0.222 e. The molecule has 1 unspecified atom stereocenters. The number of anilines is 1. The highest BCUT2D eigenvalue weighted by molar-refractivity contribution is 5.87. The Balaban J connectivity index is 1.57. The minimum absolute atomic E-state index is 0.144. The predicted molar refractivity (Wildman–Crippen MR) is 90.9 cm³/mol. The molecule has 3 aromatic rings. The molecule has 1 N–H and O–H groups in total. The summed E-state index contributed by atoms with van der Waals surface area (Å²) in [4.78, 5) is 24.1. The maximum atomic E-state index is 11.1. The van der Waals surface area contributed by atoms with Crippen molar-refractivity contribution in [2.24, 2.45) is 5.92 Å². The molecule has 6 heteroatoms. The van der Waals surface area contributed by atoms with Crippen molar-refractivity contribution >= 4 is 17.4 Å². The number of aromatic nitrogens is 4. The lowest BCUT2D eigenvalue weighted by atomic mass is 10.1. The molecule has 0 spiro atoms. The molecule has 24 heavy (non-hydrogen) atoms. The lowest BCUT2D eigenvalue weighted by Crippen LogP contribution is -2.08. The third kappa shape index (κ3) is 2.99. The highest BCUT2D eigenvalue weighted by Crippen LogP contribution is 2.46. The number of amides is 1. The monoisotopic (exact) mass is 321 g/mol. The molecule has 0 aromatic carbocycles. The van der Waals surface area contributed by atoms with Crippen LogP contribution in [0.25, 0.3) is 5.65 Å². The molecule has 1 aliphatic rings. The average molecular weight is 321 g/mol. The van der Waals surface area contributed by atoms with E-state index in [0.29, 0.717) is 18.2 Å². The van der Waals surface area contributed by atoms with E-state index in [0.717, 1.165) is 23.0 Å². The van der Waals surface area contributed by atoms with Crippen LogP contribution in [0.3, 0.4) is 0 Å². The van der Waals surface area contributed by atoms with Crippen molar-refractivity contribution in [1.29, 1.82) is 0 Å². The zero-order valence-corrected chi connectivity index (χ0v) is 13.7. The molecule has 1 aliphatic carbocycles. The van der Waals surface area contributed by atoms with Crippen LogP contribution in [0.4, 0.5) is 5.82 Å². The summed E-state index contributed by atoms with van der Waals surface area (Å²) in [5.41, 5.74) is 4.10. The average Bonchev–Trinajstić information content (AvgIpc) is 3.12. The van der Waals surface area contributed by atoms with Gasteiger partial charge in [-0.25, -0.2) is 15.0 Å². The van der Waals surface area contributed by atoms with Crippen molar-refractivity contribution in [3.8, 4) is 0 Å². The van der Waals surface area contributed by atoms with Gasteiger partial charge in [-0.15, -0.1) is 0 Å². The van der Waals surface area contributed by atoms with E-state index in [-0.39, 0.29) is 5.91 Å². The van der Waals surface area contributed by atoms with Gasteiger partial charge in [-0.05, 0) is 29.9 Å². The van der Waals surface area contributed by atoms with E-state index in [2.05, 4.69) is 49.9 Å². The Morgan fingerprint density at radius 1 is 1.29 bits per heavy atom. The molecule has 2 atom stereocenters. The largest absolute Gasteiger partial charge is 0.311 e. The minimum Gasteiger partial charge on any atom is -0.311 e. The van der Waals surface area contributed by atoms with Crippen LogP contribution in [0, 0.1) is 5.92 Å². The third-order valence-corrected chi connectivity index (χ3v) is 4.45. The summed E-state index contributed by atoms with van der Waals surface area (Å²) >= 11 is 0. The standard InChI is InChI=1S/C18H19N5O/c1-11-5-16(11)13-3-4-18-22-15(9-23(18)8-13)6-14-7-17(20-10-19-14)21-12(2)24/h3-4,7-11,16H,5-6H2,1-2H3,(H,19,20,21,24)/t11-,16?/m1/s1. The number of carbonyl (C=O) groups excluding carboxylic acids is 1. The van der Waals surface area contributed by atoms with Crippen molar-refractivity contribution in [1.82, 2.24) is 19.4 Å². The van der Waals surface area contributed by atoms with Gasteiger partial charge < -0.3 is 9.72 Å². The van der Waals surface area contributed by atoms with Crippen LogP contribution in [0.1, 0.15) is 43.1 Å². The molecule has 0 saturated heterocycles. The second-order valence-electron chi connectivity index (χ2n) is 6.53. The molecule has 1 saturated carbocycles. The summed E-state index contributed by atoms with van der Waals surface area (Å²) in [7, 11) is 0. The maximum Gasteiger partial charge on any atom is 0.222 e. The number of nitrogens with zero attached hydrogens (tertiary/aromatic N) is 4. The number of fused-ring (bicyclic) bond motifs is 1. The van der Waals surface area contributed by atoms with E-state index in [1.165, 1.54) is 25.2 Å². The Hall–Kier alpha value is -2.76. The first-order valence-electron chi connectivity index (χ1n) is 8.14. The van der Waals surface area contributed by atoms with Gasteiger partial charge in [0.15, 0.2) is 0 Å². The summed E-state index contributed by atoms with van der Waals surface area (Å²) in [6.07, 6.45) is 7.57. The Bertz CT molecular complexity index is 917. The van der Waals surface area contributed by atoms with Crippen molar-refractivity contribution in [3.05, 3.63) is 53.9 Å². The van der Waals surface area contributed by atoms with Gasteiger partial charge >= 0.3 is 0 Å². The Kier molecular flexibility index (Phi) is 3.52. The molecular weight excluding hydrogens is 302 g/mol. The summed E-state index contributed by atoms with van der Waals surface area (Å²) < 4.78 is 2.09. The van der Waals surface area contributed by atoms with Crippen LogP contribution >= 0.6 is 0 Å². The van der Waals surface area contributed by atoms with Crippen LogP contribution in [0.5, 0.6) is 0 Å². The van der Waals surface area contributed by atoms with Crippen LogP contribution in [-0.4, -0.2) is 25.3 Å². The van der Waals surface area contributed by atoms with Gasteiger partial charge in [0, 0.05) is 31.8 Å². The minimum atomic E-state index is -0.144. The van der Waals surface area contributed by atoms with Gasteiger partial charge in [-0.1, -0.05) is 13.0 Å². The molecule has 6 nitrogen and oxygen atoms in total. The van der Waals surface area contributed by atoms with E-state index in [1.807, 2.05) is 6.20 Å². The number of nitrogens with one attached hydrogen (secondary N) is 1. The Morgan fingerprint density at radius 2 is 2.12 bits per heavy atom. The first kappa shape index (κ1) is 14.8. The molecule has 122 valence electrons. The van der Waals surface area contributed by atoms with E-state index in [9.17, 15) is 4.79 Å². The van der Waals surface area contributed by atoms with Gasteiger partial charge in [-0.2, -0.15) is 0 Å². The van der Waals surface area contributed by atoms with Crippen molar-refractivity contribution in [2.45, 2.75) is 32.6 Å². The van der Waals surface area contributed by atoms with E-state index < -0.39 is 0 Å². The number of carbonyl (C=O) groups is 1. The van der Waals surface area contributed by atoms with Crippen LogP contribution < -0.4 is 5.32 Å². The first-order valence-corrected chi connectivity index (χ1v) is 8.14. The van der Waals surface area contributed by atoms with Crippen LogP contribution in [0.15, 0.2) is 36.9 Å². The summed E-state index contributed by atoms with van der Waals surface area (Å²) in [5, 5.41) is 2.67. The van der Waals surface area contributed by atoms with Gasteiger partial charge in [0.1, 0.15) is 17.8 Å². The molecule has 1 amide bonds. The lowest BCUT2D eigenvalue weighted by Gasteiger charge is -2.02. The molecule has 0 radical (unpaired) electrons. The quantitative estimate of drug-likeness (QED) is 0.802. The van der Waals surface area contributed by atoms with Crippen LogP contribution in [-0.2, 0) is 11.2 Å². The van der Waals surface area contributed by atoms with Gasteiger partial charge in [-0.3, -0.25) is 4.79 Å². The fourth-order valence-corrected chi connectivity index (χ4v) is 3.08. The van der Waals surface area contributed by atoms with Gasteiger partial charge in [0.25, 0.3) is 0 Å². The summed E-state index contributed by atoms with van der Waals surface area (Å²) in [6.45, 7) is 3.75. The second-order valence-corrected chi connectivity index (χ2v) is 6.53. The number of imidazole rings is 1. The molecule has 0 aliphatic heterocycles. The summed E-state index contributed by atoms with van der Waals surface area (Å²) in [5.74, 6) is 1.86. The zero-order chi connectivity index (χ0) is 16.7. The van der Waals surface area contributed by atoms with Crippen molar-refractivity contribution in [2.75, 3.05) is 5.32 Å². The molecular formula is C18H19N5O. The maximum absolute atomic E-state index is 11.1. The lowest BCUT2D eigenvalue weighted by molar-refractivity contribution is -0.114. The highest BCUT2D eigenvalue weighted by Gasteiger charge is 2.34. The number of pyridine rings is 1. The zero-order valence-electron chi connectivity index (χ0n) is 13.7. The van der Waals surface area contributed by atoms with Gasteiger partial charge in [0.2, 0.25) is 5.91 Å². The Labute approximate surface area is 140 Å². The van der Waals surface area contributed by atoms with Crippen molar-refractivity contribution < 1.29 is 4.79 Å². The Morgan fingerprint density at radius 3 is 2.88 bits per heavy atom. The third-order valence-electron chi connectivity index (χ3n) is 4.45. The van der Waals surface area contributed by atoms with Crippen LogP contribution in [0.2, 0.25) is 0 Å². The second kappa shape index (κ2) is 5.70. The molecule has 3 heterocycles. The first-order chi connectivity index (χ1) is 11.6. The SMILES string of the molecule is CC(=O)Nc1cc(Cc2cn3cc(C4C[C@H]4C)ccc3n2)ncn1. The number of hydrogen-bond acceptors (Lipinski definition) is 4. The van der Waals surface area contributed by atoms with E-state index >= 15 is 0 Å². The summed E-state index contributed by atoms with van der Waals surface area (Å²) in [6, 6.07) is 6.04. The fraction of sp³-hybridized carbons (Fsp3) is 0.333. The molecule has 3 aromatic heterocycles. The normalized spacial score (nSPS) is 19.4. The predicted octanol–water partition coefficient (Wildman–Crippen LogP) is 2.80. The van der Waals surface area contributed by atoms with Crippen molar-refractivity contribution in [3.63, 3.8) is 0 Å². The number of hydrogen-bond donors (Lipinski definition) is 1.